The number of nitrogens with zero attached hydrogens (tertiary/aromatic N) is 2. The van der Waals surface area contributed by atoms with Crippen LogP contribution in [0.25, 0.3) is 0 Å². The number of nitrogens with two attached hydrogens (primary N) is 1. The molecule has 1 unspecified atom stereocenters. The SMILES string of the molecule is CCCn1ccnc1C(N)COC. The van der Waals surface area contributed by atoms with Crippen molar-refractivity contribution in [1.82, 2.24) is 9.55 Å². The molecule has 0 radical (unpaired) electrons. The normalized spacial score (nSPS) is 13.2. The minimum Gasteiger partial charge on any atom is -0.383 e. The lowest BCUT2D eigenvalue weighted by Crippen LogP contribution is -2.21. The van der Waals surface area contributed by atoms with E-state index >= 15 is 0 Å². The highest BCUT2D eigenvalue weighted by atomic mass is 16.5. The van der Waals surface area contributed by atoms with E-state index in [2.05, 4.69) is 16.5 Å². The fourth-order valence-electron chi connectivity index (χ4n) is 1.33. The van der Waals surface area contributed by atoms with Crippen LogP contribution in [0.2, 0.25) is 0 Å². The zero-order valence-corrected chi connectivity index (χ0v) is 8.23. The van der Waals surface area contributed by atoms with Crippen molar-refractivity contribution in [3.05, 3.63) is 18.2 Å². The van der Waals surface area contributed by atoms with Crippen molar-refractivity contribution < 1.29 is 4.74 Å². The zero-order chi connectivity index (χ0) is 9.68. The zero-order valence-electron chi connectivity index (χ0n) is 8.23. The summed E-state index contributed by atoms with van der Waals surface area (Å²) in [4.78, 5) is 4.21. The van der Waals surface area contributed by atoms with Gasteiger partial charge in [0.2, 0.25) is 0 Å². The second kappa shape index (κ2) is 4.99. The van der Waals surface area contributed by atoms with E-state index in [0.29, 0.717) is 6.61 Å². The van der Waals surface area contributed by atoms with Crippen LogP contribution in [0, 0.1) is 0 Å². The molecule has 0 aliphatic rings. The highest BCUT2D eigenvalue weighted by molar-refractivity contribution is 4.98. The van der Waals surface area contributed by atoms with Crippen LogP contribution in [0.15, 0.2) is 12.4 Å². The van der Waals surface area contributed by atoms with E-state index in [1.807, 2.05) is 6.20 Å². The molecule has 0 amide bonds. The van der Waals surface area contributed by atoms with Gasteiger partial charge in [-0.1, -0.05) is 6.92 Å². The van der Waals surface area contributed by atoms with Crippen LogP contribution in [-0.2, 0) is 11.3 Å². The first kappa shape index (κ1) is 10.2. The first-order valence-electron chi connectivity index (χ1n) is 4.55. The quantitative estimate of drug-likeness (QED) is 0.739. The van der Waals surface area contributed by atoms with Gasteiger partial charge in [-0.3, -0.25) is 0 Å². The molecule has 1 rings (SSSR count). The summed E-state index contributed by atoms with van der Waals surface area (Å²) in [6.45, 7) is 3.61. The Morgan fingerprint density at radius 2 is 2.46 bits per heavy atom. The van der Waals surface area contributed by atoms with E-state index in [1.165, 1.54) is 0 Å². The number of methoxy groups -OCH3 is 1. The minimum absolute atomic E-state index is 0.119. The smallest absolute Gasteiger partial charge is 0.128 e. The molecule has 0 aliphatic heterocycles. The molecule has 0 aromatic carbocycles. The van der Waals surface area contributed by atoms with E-state index in [1.54, 1.807) is 13.3 Å². The highest BCUT2D eigenvalue weighted by Gasteiger charge is 2.10. The predicted molar refractivity (Wildman–Crippen MR) is 51.3 cm³/mol. The second-order valence-electron chi connectivity index (χ2n) is 3.04. The maximum absolute atomic E-state index is 5.87. The number of hydrogen-bond donors (Lipinski definition) is 1. The Morgan fingerprint density at radius 3 is 3.08 bits per heavy atom. The van der Waals surface area contributed by atoms with Gasteiger partial charge < -0.3 is 15.0 Å². The van der Waals surface area contributed by atoms with Crippen LogP contribution in [0.1, 0.15) is 25.2 Å². The van der Waals surface area contributed by atoms with Gasteiger partial charge in [-0.2, -0.15) is 0 Å². The summed E-state index contributed by atoms with van der Waals surface area (Å²) in [7, 11) is 1.65. The molecule has 1 heterocycles. The lowest BCUT2D eigenvalue weighted by molar-refractivity contribution is 0.176. The standard InChI is InChI=1S/C9H17N3O/c1-3-5-12-6-4-11-9(12)8(10)7-13-2/h4,6,8H,3,5,7,10H2,1-2H3. The average Bonchev–Trinajstić information content (AvgIpc) is 2.54. The monoisotopic (exact) mass is 183 g/mol. The maximum Gasteiger partial charge on any atom is 0.128 e. The predicted octanol–water partition coefficient (Wildman–Crippen LogP) is 0.939. The molecule has 1 aromatic heterocycles. The largest absolute Gasteiger partial charge is 0.383 e. The Bertz CT molecular complexity index is 247. The van der Waals surface area contributed by atoms with Crippen LogP contribution in [0.3, 0.4) is 0 Å². The number of imidazole rings is 1. The number of ether oxygens (including phenoxy) is 1. The van der Waals surface area contributed by atoms with Crippen LogP contribution in [0.5, 0.6) is 0 Å². The van der Waals surface area contributed by atoms with Gasteiger partial charge >= 0.3 is 0 Å². The highest BCUT2D eigenvalue weighted by Crippen LogP contribution is 2.08. The number of rotatable bonds is 5. The third-order valence-electron chi connectivity index (χ3n) is 1.89. The third kappa shape index (κ3) is 2.54. The summed E-state index contributed by atoms with van der Waals surface area (Å²) in [6.07, 6.45) is 4.82. The first-order chi connectivity index (χ1) is 6.29. The van der Waals surface area contributed by atoms with Crippen molar-refractivity contribution in [1.29, 1.82) is 0 Å². The molecule has 0 aliphatic carbocycles. The lowest BCUT2D eigenvalue weighted by atomic mass is 10.3. The molecule has 2 N–H and O–H groups in total. The van der Waals surface area contributed by atoms with Crippen molar-refractivity contribution >= 4 is 0 Å². The summed E-state index contributed by atoms with van der Waals surface area (Å²) in [5.74, 6) is 0.906. The fourth-order valence-corrected chi connectivity index (χ4v) is 1.33. The van der Waals surface area contributed by atoms with Crippen molar-refractivity contribution in [2.24, 2.45) is 5.73 Å². The third-order valence-corrected chi connectivity index (χ3v) is 1.89. The molecule has 0 spiro atoms. The minimum atomic E-state index is -0.119. The van der Waals surface area contributed by atoms with E-state index in [4.69, 9.17) is 10.5 Å². The molecule has 1 aromatic rings. The first-order valence-corrected chi connectivity index (χ1v) is 4.55. The Balaban J connectivity index is 2.68. The molecule has 0 saturated carbocycles. The van der Waals surface area contributed by atoms with Crippen LogP contribution < -0.4 is 5.73 Å². The van der Waals surface area contributed by atoms with Gasteiger partial charge in [0, 0.05) is 26.0 Å². The molecule has 74 valence electrons. The molecule has 13 heavy (non-hydrogen) atoms. The topological polar surface area (TPSA) is 53.1 Å². The molecule has 4 nitrogen and oxygen atoms in total. The van der Waals surface area contributed by atoms with Crippen molar-refractivity contribution in [2.45, 2.75) is 25.9 Å². The fraction of sp³-hybridized carbons (Fsp3) is 0.667. The Kier molecular flexibility index (Phi) is 3.92. The Hall–Kier alpha value is -0.870. The Morgan fingerprint density at radius 1 is 1.69 bits per heavy atom. The van der Waals surface area contributed by atoms with E-state index in [-0.39, 0.29) is 6.04 Å². The van der Waals surface area contributed by atoms with Gasteiger partial charge in [-0.25, -0.2) is 4.98 Å². The molecule has 0 bridgehead atoms. The van der Waals surface area contributed by atoms with Crippen LogP contribution in [-0.4, -0.2) is 23.3 Å². The van der Waals surface area contributed by atoms with Gasteiger partial charge in [-0.15, -0.1) is 0 Å². The van der Waals surface area contributed by atoms with Crippen LogP contribution >= 0.6 is 0 Å². The van der Waals surface area contributed by atoms with E-state index in [0.717, 1.165) is 18.8 Å². The molecule has 4 heteroatoms. The van der Waals surface area contributed by atoms with Crippen molar-refractivity contribution in [2.75, 3.05) is 13.7 Å². The summed E-state index contributed by atoms with van der Waals surface area (Å²) in [5.41, 5.74) is 5.87. The van der Waals surface area contributed by atoms with Crippen LogP contribution in [0.4, 0.5) is 0 Å². The molecule has 1 atom stereocenters. The number of aromatic nitrogens is 2. The second-order valence-corrected chi connectivity index (χ2v) is 3.04. The molecular weight excluding hydrogens is 166 g/mol. The maximum atomic E-state index is 5.87. The van der Waals surface area contributed by atoms with Gasteiger partial charge in [0.05, 0.1) is 12.6 Å². The molecule has 0 saturated heterocycles. The van der Waals surface area contributed by atoms with Crippen molar-refractivity contribution in [3.8, 4) is 0 Å². The van der Waals surface area contributed by atoms with Gasteiger partial charge in [0.15, 0.2) is 0 Å². The van der Waals surface area contributed by atoms with Crippen molar-refractivity contribution in [3.63, 3.8) is 0 Å². The van der Waals surface area contributed by atoms with E-state index in [9.17, 15) is 0 Å². The molecular formula is C9H17N3O. The van der Waals surface area contributed by atoms with Gasteiger partial charge in [0.25, 0.3) is 0 Å². The Labute approximate surface area is 78.7 Å². The van der Waals surface area contributed by atoms with Gasteiger partial charge in [-0.05, 0) is 6.42 Å². The summed E-state index contributed by atoms with van der Waals surface area (Å²) >= 11 is 0. The number of aryl methyl sites for hydroxylation is 1. The summed E-state index contributed by atoms with van der Waals surface area (Å²) < 4.78 is 7.06. The average molecular weight is 183 g/mol. The number of hydrogen-bond acceptors (Lipinski definition) is 3. The van der Waals surface area contributed by atoms with Gasteiger partial charge in [0.1, 0.15) is 5.82 Å². The van der Waals surface area contributed by atoms with E-state index < -0.39 is 0 Å². The summed E-state index contributed by atoms with van der Waals surface area (Å²) in [5, 5.41) is 0. The molecule has 0 fully saturated rings. The lowest BCUT2D eigenvalue weighted by Gasteiger charge is -2.12. The summed E-state index contributed by atoms with van der Waals surface area (Å²) in [6, 6.07) is -0.119.